The van der Waals surface area contributed by atoms with Crippen molar-refractivity contribution >= 4 is 23.2 Å². The van der Waals surface area contributed by atoms with E-state index in [-0.39, 0.29) is 19.0 Å². The summed E-state index contributed by atoms with van der Waals surface area (Å²) in [5.41, 5.74) is 1.65. The highest BCUT2D eigenvalue weighted by Gasteiger charge is 2.08. The van der Waals surface area contributed by atoms with Gasteiger partial charge in [0.15, 0.2) is 0 Å². The fraction of sp³-hybridized carbons (Fsp3) is 0.333. The standard InChI is InChI=1S/C18H20Cl2FNO2/c19-15-4-6-18(14(9-15)11-22-7-1-2-8-23)24-12-13-3-5-16(21)10-17(13)20/h3-6,9-10,22-23H,1-2,7-8,11-12H2. The maximum absolute atomic E-state index is 13.1. The minimum absolute atomic E-state index is 0.200. The third kappa shape index (κ3) is 5.95. The lowest BCUT2D eigenvalue weighted by molar-refractivity contribution is 0.283. The third-order valence-electron chi connectivity index (χ3n) is 3.50. The van der Waals surface area contributed by atoms with Gasteiger partial charge in [-0.15, -0.1) is 0 Å². The molecule has 130 valence electrons. The molecule has 0 spiro atoms. The second kappa shape index (κ2) is 9.84. The molecule has 24 heavy (non-hydrogen) atoms. The molecule has 0 amide bonds. The van der Waals surface area contributed by atoms with Gasteiger partial charge in [-0.2, -0.15) is 0 Å². The number of unbranched alkanes of at least 4 members (excludes halogenated alkanes) is 1. The Morgan fingerprint density at radius 2 is 1.88 bits per heavy atom. The van der Waals surface area contributed by atoms with Crippen molar-refractivity contribution < 1.29 is 14.2 Å². The van der Waals surface area contributed by atoms with Gasteiger partial charge in [0.25, 0.3) is 0 Å². The van der Waals surface area contributed by atoms with Gasteiger partial charge in [-0.25, -0.2) is 4.39 Å². The topological polar surface area (TPSA) is 41.5 Å². The van der Waals surface area contributed by atoms with E-state index in [1.165, 1.54) is 12.1 Å². The van der Waals surface area contributed by atoms with Crippen LogP contribution in [0.4, 0.5) is 4.39 Å². The predicted molar refractivity (Wildman–Crippen MR) is 95.2 cm³/mol. The molecule has 0 aliphatic heterocycles. The first-order valence-corrected chi connectivity index (χ1v) is 8.52. The van der Waals surface area contributed by atoms with Crippen LogP contribution in [0.3, 0.4) is 0 Å². The molecule has 0 bridgehead atoms. The zero-order chi connectivity index (χ0) is 17.4. The van der Waals surface area contributed by atoms with Gasteiger partial charge >= 0.3 is 0 Å². The lowest BCUT2D eigenvalue weighted by Gasteiger charge is -2.13. The van der Waals surface area contributed by atoms with Crippen LogP contribution >= 0.6 is 23.2 Å². The van der Waals surface area contributed by atoms with Gasteiger partial charge in [0.1, 0.15) is 18.2 Å². The third-order valence-corrected chi connectivity index (χ3v) is 4.08. The zero-order valence-electron chi connectivity index (χ0n) is 13.2. The van der Waals surface area contributed by atoms with Crippen molar-refractivity contribution in [3.8, 4) is 5.75 Å². The summed E-state index contributed by atoms with van der Waals surface area (Å²) in [5.74, 6) is 0.331. The Kier molecular flexibility index (Phi) is 7.79. The van der Waals surface area contributed by atoms with Crippen LogP contribution < -0.4 is 10.1 Å². The highest BCUT2D eigenvalue weighted by molar-refractivity contribution is 6.31. The summed E-state index contributed by atoms with van der Waals surface area (Å²) < 4.78 is 18.9. The highest BCUT2D eigenvalue weighted by Crippen LogP contribution is 2.25. The van der Waals surface area contributed by atoms with E-state index in [0.29, 0.717) is 22.3 Å². The average Bonchev–Trinajstić information content (AvgIpc) is 2.55. The molecule has 0 aliphatic carbocycles. The number of nitrogens with one attached hydrogen (secondary N) is 1. The molecule has 2 rings (SSSR count). The van der Waals surface area contributed by atoms with Crippen LogP contribution in [-0.2, 0) is 13.2 Å². The van der Waals surface area contributed by atoms with Crippen LogP contribution in [-0.4, -0.2) is 18.3 Å². The average molecular weight is 372 g/mol. The van der Waals surface area contributed by atoms with Crippen LogP contribution in [0.25, 0.3) is 0 Å². The van der Waals surface area contributed by atoms with E-state index < -0.39 is 0 Å². The number of halogens is 3. The molecular formula is C18H20Cl2FNO2. The van der Waals surface area contributed by atoms with E-state index in [1.807, 2.05) is 12.1 Å². The normalized spacial score (nSPS) is 10.8. The molecule has 2 aromatic rings. The SMILES string of the molecule is OCCCCNCc1cc(Cl)ccc1OCc1ccc(F)cc1Cl. The molecule has 0 heterocycles. The second-order valence-electron chi connectivity index (χ2n) is 5.38. The first-order valence-electron chi connectivity index (χ1n) is 7.77. The van der Waals surface area contributed by atoms with Gasteiger partial charge < -0.3 is 15.2 Å². The number of ether oxygens (including phenoxy) is 1. The summed E-state index contributed by atoms with van der Waals surface area (Å²) in [4.78, 5) is 0. The summed E-state index contributed by atoms with van der Waals surface area (Å²) in [6, 6.07) is 9.66. The first kappa shape index (κ1) is 19.0. The highest BCUT2D eigenvalue weighted by atomic mass is 35.5. The number of rotatable bonds is 9. The van der Waals surface area contributed by atoms with Crippen molar-refractivity contribution in [3.63, 3.8) is 0 Å². The molecule has 0 atom stereocenters. The van der Waals surface area contributed by atoms with Crippen molar-refractivity contribution in [3.05, 3.63) is 63.4 Å². The Hall–Kier alpha value is -1.33. The molecule has 2 aromatic carbocycles. The van der Waals surface area contributed by atoms with Gasteiger partial charge in [-0.1, -0.05) is 29.3 Å². The molecule has 0 radical (unpaired) electrons. The minimum atomic E-state index is -0.372. The Morgan fingerprint density at radius 3 is 2.62 bits per heavy atom. The Morgan fingerprint density at radius 1 is 1.04 bits per heavy atom. The number of aliphatic hydroxyl groups excluding tert-OH is 1. The number of hydrogen-bond acceptors (Lipinski definition) is 3. The quantitative estimate of drug-likeness (QED) is 0.634. The van der Waals surface area contributed by atoms with Crippen molar-refractivity contribution in [1.82, 2.24) is 5.32 Å². The van der Waals surface area contributed by atoms with Gasteiger partial charge in [0.05, 0.1) is 5.02 Å². The van der Waals surface area contributed by atoms with Crippen LogP contribution in [0.15, 0.2) is 36.4 Å². The maximum Gasteiger partial charge on any atom is 0.124 e. The fourth-order valence-corrected chi connectivity index (χ4v) is 2.62. The maximum atomic E-state index is 13.1. The molecule has 2 N–H and O–H groups in total. The largest absolute Gasteiger partial charge is 0.489 e. The van der Waals surface area contributed by atoms with Crippen LogP contribution in [0, 0.1) is 5.82 Å². The van der Waals surface area contributed by atoms with Gasteiger partial charge in [0.2, 0.25) is 0 Å². The molecular weight excluding hydrogens is 352 g/mol. The molecule has 0 aliphatic rings. The van der Waals surface area contributed by atoms with E-state index in [4.69, 9.17) is 33.0 Å². The van der Waals surface area contributed by atoms with Crippen molar-refractivity contribution in [2.45, 2.75) is 26.0 Å². The van der Waals surface area contributed by atoms with E-state index in [2.05, 4.69) is 5.32 Å². The number of hydrogen-bond donors (Lipinski definition) is 2. The van der Waals surface area contributed by atoms with E-state index in [0.717, 1.165) is 30.5 Å². The monoisotopic (exact) mass is 371 g/mol. The molecule has 6 heteroatoms. The molecule has 0 aromatic heterocycles. The number of benzene rings is 2. The lowest BCUT2D eigenvalue weighted by Crippen LogP contribution is -2.16. The molecule has 3 nitrogen and oxygen atoms in total. The van der Waals surface area contributed by atoms with Crippen LogP contribution in [0.1, 0.15) is 24.0 Å². The Labute approximate surface area is 151 Å². The summed E-state index contributed by atoms with van der Waals surface area (Å²) in [5, 5.41) is 13.1. The summed E-state index contributed by atoms with van der Waals surface area (Å²) in [7, 11) is 0. The summed E-state index contributed by atoms with van der Waals surface area (Å²) in [6.07, 6.45) is 1.67. The van der Waals surface area contributed by atoms with E-state index >= 15 is 0 Å². The van der Waals surface area contributed by atoms with Gasteiger partial charge in [-0.05, 0) is 49.7 Å². The Bertz CT molecular complexity index is 667. The lowest BCUT2D eigenvalue weighted by atomic mass is 10.2. The summed E-state index contributed by atoms with van der Waals surface area (Å²) in [6.45, 7) is 1.86. The number of aliphatic hydroxyl groups is 1. The minimum Gasteiger partial charge on any atom is -0.489 e. The smallest absolute Gasteiger partial charge is 0.124 e. The summed E-state index contributed by atoms with van der Waals surface area (Å²) >= 11 is 12.1. The second-order valence-corrected chi connectivity index (χ2v) is 6.23. The van der Waals surface area contributed by atoms with Crippen molar-refractivity contribution in [1.29, 1.82) is 0 Å². The van der Waals surface area contributed by atoms with Crippen LogP contribution in [0.5, 0.6) is 5.75 Å². The van der Waals surface area contributed by atoms with Crippen molar-refractivity contribution in [2.75, 3.05) is 13.2 Å². The van der Waals surface area contributed by atoms with E-state index in [9.17, 15) is 4.39 Å². The molecule has 0 unspecified atom stereocenters. The Balaban J connectivity index is 1.98. The van der Waals surface area contributed by atoms with Crippen LogP contribution in [0.2, 0.25) is 10.0 Å². The predicted octanol–water partition coefficient (Wildman–Crippen LogP) is 4.57. The fourth-order valence-electron chi connectivity index (χ4n) is 2.21. The van der Waals surface area contributed by atoms with Crippen molar-refractivity contribution in [2.24, 2.45) is 0 Å². The van der Waals surface area contributed by atoms with Gasteiger partial charge in [-0.3, -0.25) is 0 Å². The molecule has 0 fully saturated rings. The molecule has 0 saturated heterocycles. The van der Waals surface area contributed by atoms with Gasteiger partial charge in [0, 0.05) is 29.3 Å². The first-order chi connectivity index (χ1) is 11.6. The zero-order valence-corrected chi connectivity index (χ0v) is 14.7. The van der Waals surface area contributed by atoms with E-state index in [1.54, 1.807) is 12.1 Å². The molecule has 0 saturated carbocycles.